The molecule has 0 aliphatic rings. The zero-order valence-corrected chi connectivity index (χ0v) is 6.33. The molecule has 0 fully saturated rings. The van der Waals surface area contributed by atoms with E-state index in [2.05, 4.69) is 16.6 Å². The second-order valence-electron chi connectivity index (χ2n) is 1.63. The molecule has 0 aromatic rings. The summed E-state index contributed by atoms with van der Waals surface area (Å²) in [7, 11) is 0. The molecule has 0 amide bonds. The van der Waals surface area contributed by atoms with Gasteiger partial charge >= 0.3 is 5.97 Å². The summed E-state index contributed by atoms with van der Waals surface area (Å²) in [6, 6.07) is 0. The Balaban J connectivity index is 3.44. The molecule has 0 saturated heterocycles. The molecule has 3 nitrogen and oxygen atoms in total. The highest BCUT2D eigenvalue weighted by molar-refractivity contribution is 5.88. The number of hydrogen-bond donors (Lipinski definition) is 1. The quantitative estimate of drug-likeness (QED) is 0.271. The van der Waals surface area contributed by atoms with E-state index in [1.165, 1.54) is 6.08 Å². The summed E-state index contributed by atoms with van der Waals surface area (Å²) in [6.45, 7) is 1.68. The van der Waals surface area contributed by atoms with Gasteiger partial charge in [0.15, 0.2) is 0 Å². The van der Waals surface area contributed by atoms with Crippen molar-refractivity contribution in [1.82, 2.24) is 0 Å². The van der Waals surface area contributed by atoms with Crippen molar-refractivity contribution < 1.29 is 14.6 Å². The molecule has 0 saturated carbocycles. The fraction of sp³-hybridized carbons (Fsp3) is 0.375. The van der Waals surface area contributed by atoms with Gasteiger partial charge in [-0.3, -0.25) is 0 Å². The van der Waals surface area contributed by atoms with Gasteiger partial charge in [0, 0.05) is 5.92 Å². The van der Waals surface area contributed by atoms with E-state index in [9.17, 15) is 4.79 Å². The molecule has 60 valence electrons. The smallest absolute Gasteiger partial charge is 0.384 e. The largest absolute Gasteiger partial charge is 0.452 e. The van der Waals surface area contributed by atoms with Crippen molar-refractivity contribution in [3.05, 3.63) is 12.2 Å². The van der Waals surface area contributed by atoms with Crippen molar-refractivity contribution in [3.63, 3.8) is 0 Å². The lowest BCUT2D eigenvalue weighted by Gasteiger charge is -1.92. The number of rotatable bonds is 3. The minimum Gasteiger partial charge on any atom is -0.452 e. The van der Waals surface area contributed by atoms with Crippen LogP contribution in [-0.2, 0) is 9.53 Å². The molecule has 3 heteroatoms. The van der Waals surface area contributed by atoms with Crippen molar-refractivity contribution in [3.8, 4) is 11.8 Å². The Morgan fingerprint density at radius 1 is 1.64 bits per heavy atom. The van der Waals surface area contributed by atoms with E-state index < -0.39 is 5.97 Å². The summed E-state index contributed by atoms with van der Waals surface area (Å²) in [5, 5.41) is 8.28. The molecule has 0 unspecified atom stereocenters. The molecule has 0 rings (SSSR count). The predicted molar refractivity (Wildman–Crippen MR) is 40.6 cm³/mol. The third kappa shape index (κ3) is 6.62. The van der Waals surface area contributed by atoms with E-state index in [-0.39, 0.29) is 13.2 Å². The molecular weight excluding hydrogens is 144 g/mol. The maximum absolute atomic E-state index is 10.5. The summed E-state index contributed by atoms with van der Waals surface area (Å²) < 4.78 is 4.57. The van der Waals surface area contributed by atoms with E-state index in [1.54, 1.807) is 13.0 Å². The lowest BCUT2D eigenvalue weighted by atomic mass is 10.5. The number of hydrogen-bond acceptors (Lipinski definition) is 3. The van der Waals surface area contributed by atoms with Crippen molar-refractivity contribution >= 4 is 5.97 Å². The number of aliphatic hydroxyl groups is 1. The SMILES string of the molecule is CC#CC(=O)OC/C=C/CO. The molecular formula is C8H10O3. The second-order valence-corrected chi connectivity index (χ2v) is 1.63. The average Bonchev–Trinajstić information content (AvgIpc) is 1.99. The highest BCUT2D eigenvalue weighted by Gasteiger charge is 1.90. The molecule has 0 atom stereocenters. The number of ether oxygens (including phenoxy) is 1. The van der Waals surface area contributed by atoms with Gasteiger partial charge in [-0.1, -0.05) is 12.0 Å². The number of carbonyl (C=O) groups excluding carboxylic acids is 1. The van der Waals surface area contributed by atoms with Crippen molar-refractivity contribution in [1.29, 1.82) is 0 Å². The van der Waals surface area contributed by atoms with Crippen LogP contribution in [0.5, 0.6) is 0 Å². The Morgan fingerprint density at radius 2 is 2.36 bits per heavy atom. The van der Waals surface area contributed by atoms with Gasteiger partial charge in [-0.2, -0.15) is 0 Å². The summed E-state index contributed by atoms with van der Waals surface area (Å²) >= 11 is 0. The zero-order chi connectivity index (χ0) is 8.53. The van der Waals surface area contributed by atoms with Crippen molar-refractivity contribution in [2.75, 3.05) is 13.2 Å². The Hall–Kier alpha value is -1.27. The number of esters is 1. The van der Waals surface area contributed by atoms with Gasteiger partial charge < -0.3 is 9.84 Å². The Kier molecular flexibility index (Phi) is 6.05. The molecule has 0 radical (unpaired) electrons. The van der Waals surface area contributed by atoms with Gasteiger partial charge in [0.25, 0.3) is 0 Å². The third-order valence-corrected chi connectivity index (χ3v) is 0.810. The molecule has 0 aromatic heterocycles. The van der Waals surface area contributed by atoms with E-state index in [1.807, 2.05) is 0 Å². The normalized spacial score (nSPS) is 8.91. The van der Waals surface area contributed by atoms with Crippen molar-refractivity contribution in [2.24, 2.45) is 0 Å². The molecule has 0 bridgehead atoms. The van der Waals surface area contributed by atoms with Gasteiger partial charge in [-0.15, -0.1) is 0 Å². The molecule has 0 aromatic carbocycles. The fourth-order valence-electron chi connectivity index (χ4n) is 0.405. The van der Waals surface area contributed by atoms with Crippen LogP contribution >= 0.6 is 0 Å². The van der Waals surface area contributed by atoms with Gasteiger partial charge in [0.2, 0.25) is 0 Å². The summed E-state index contributed by atoms with van der Waals surface area (Å²) in [6.07, 6.45) is 3.04. The Morgan fingerprint density at radius 3 is 2.91 bits per heavy atom. The highest BCUT2D eigenvalue weighted by atomic mass is 16.5. The van der Waals surface area contributed by atoms with E-state index in [0.29, 0.717) is 0 Å². The van der Waals surface area contributed by atoms with Crippen LogP contribution in [0.25, 0.3) is 0 Å². The summed E-state index contributed by atoms with van der Waals surface area (Å²) in [4.78, 5) is 10.5. The van der Waals surface area contributed by atoms with Crippen LogP contribution in [0.4, 0.5) is 0 Å². The summed E-state index contributed by atoms with van der Waals surface area (Å²) in [5.74, 6) is 4.08. The van der Waals surface area contributed by atoms with Crippen LogP contribution in [0.2, 0.25) is 0 Å². The maximum Gasteiger partial charge on any atom is 0.384 e. The Bertz CT molecular complexity index is 195. The number of aliphatic hydroxyl groups excluding tert-OH is 1. The standard InChI is InChI=1S/C8H10O3/c1-2-5-8(10)11-7-4-3-6-9/h3-4,9H,6-7H2,1H3/b4-3+. The van der Waals surface area contributed by atoms with E-state index >= 15 is 0 Å². The van der Waals surface area contributed by atoms with E-state index in [4.69, 9.17) is 5.11 Å². The third-order valence-electron chi connectivity index (χ3n) is 0.810. The van der Waals surface area contributed by atoms with Gasteiger partial charge in [-0.25, -0.2) is 4.79 Å². The first-order valence-corrected chi connectivity index (χ1v) is 3.16. The average molecular weight is 154 g/mol. The topological polar surface area (TPSA) is 46.5 Å². The second kappa shape index (κ2) is 6.84. The van der Waals surface area contributed by atoms with Gasteiger partial charge in [-0.05, 0) is 13.0 Å². The lowest BCUT2D eigenvalue weighted by Crippen LogP contribution is -2.00. The lowest BCUT2D eigenvalue weighted by molar-refractivity contribution is -0.135. The molecule has 0 heterocycles. The zero-order valence-electron chi connectivity index (χ0n) is 6.33. The molecule has 11 heavy (non-hydrogen) atoms. The molecule has 0 aliphatic carbocycles. The van der Waals surface area contributed by atoms with Crippen LogP contribution in [0.15, 0.2) is 12.2 Å². The first kappa shape index (κ1) is 9.73. The van der Waals surface area contributed by atoms with Gasteiger partial charge in [0.1, 0.15) is 6.61 Å². The predicted octanol–water partition coefficient (Wildman–Crippen LogP) is 0.101. The Labute approximate surface area is 65.7 Å². The monoisotopic (exact) mass is 154 g/mol. The fourth-order valence-corrected chi connectivity index (χ4v) is 0.405. The maximum atomic E-state index is 10.5. The minimum atomic E-state index is -0.546. The number of carbonyl (C=O) groups is 1. The van der Waals surface area contributed by atoms with Crippen LogP contribution in [0, 0.1) is 11.8 Å². The summed E-state index contributed by atoms with van der Waals surface area (Å²) in [5.41, 5.74) is 0. The van der Waals surface area contributed by atoms with Crippen molar-refractivity contribution in [2.45, 2.75) is 6.92 Å². The molecule has 0 aliphatic heterocycles. The molecule has 1 N–H and O–H groups in total. The van der Waals surface area contributed by atoms with Gasteiger partial charge in [0.05, 0.1) is 6.61 Å². The van der Waals surface area contributed by atoms with Crippen LogP contribution in [0.3, 0.4) is 0 Å². The first-order chi connectivity index (χ1) is 5.31. The van der Waals surface area contributed by atoms with Crippen LogP contribution in [0.1, 0.15) is 6.92 Å². The van der Waals surface area contributed by atoms with E-state index in [0.717, 1.165) is 0 Å². The van der Waals surface area contributed by atoms with Crippen LogP contribution in [-0.4, -0.2) is 24.3 Å². The first-order valence-electron chi connectivity index (χ1n) is 3.16. The van der Waals surface area contributed by atoms with Crippen LogP contribution < -0.4 is 0 Å². The highest BCUT2D eigenvalue weighted by Crippen LogP contribution is 1.78. The minimum absolute atomic E-state index is 0.0446. The molecule has 0 spiro atoms.